The predicted octanol–water partition coefficient (Wildman–Crippen LogP) is 3.74. The van der Waals surface area contributed by atoms with E-state index in [-0.39, 0.29) is 30.1 Å². The lowest BCUT2D eigenvalue weighted by atomic mass is 9.99. The average molecular weight is 518 g/mol. The molecule has 0 bridgehead atoms. The molecule has 1 aromatic carbocycles. The van der Waals surface area contributed by atoms with Gasteiger partial charge in [-0.05, 0) is 30.7 Å². The fourth-order valence-corrected chi connectivity index (χ4v) is 4.70. The van der Waals surface area contributed by atoms with Crippen molar-refractivity contribution in [3.05, 3.63) is 73.0 Å². The molecule has 0 fully saturated rings. The van der Waals surface area contributed by atoms with Gasteiger partial charge in [0.2, 0.25) is 0 Å². The molecular weight excluding hydrogens is 497 g/mol. The van der Waals surface area contributed by atoms with Gasteiger partial charge in [-0.2, -0.15) is 5.26 Å². The van der Waals surface area contributed by atoms with Crippen molar-refractivity contribution >= 4 is 34.6 Å². The van der Waals surface area contributed by atoms with E-state index in [0.29, 0.717) is 26.6 Å². The molecular formula is C24H21ClFN3O5S. The summed E-state index contributed by atoms with van der Waals surface area (Å²) in [6, 6.07) is 8.12. The Morgan fingerprint density at radius 2 is 2.00 bits per heavy atom. The minimum Gasteiger partial charge on any atom is -0.495 e. The van der Waals surface area contributed by atoms with E-state index < -0.39 is 29.1 Å². The summed E-state index contributed by atoms with van der Waals surface area (Å²) < 4.78 is 25.8. The van der Waals surface area contributed by atoms with Crippen LogP contribution in [-0.4, -0.2) is 37.1 Å². The molecule has 3 rings (SSSR count). The van der Waals surface area contributed by atoms with Crippen molar-refractivity contribution in [2.45, 2.75) is 18.9 Å². The Kier molecular flexibility index (Phi) is 8.40. The Morgan fingerprint density at radius 3 is 2.60 bits per heavy atom. The third-order valence-corrected chi connectivity index (χ3v) is 6.63. The number of amides is 1. The molecule has 2 aromatic heterocycles. The Bertz CT molecular complexity index is 1380. The third-order valence-electron chi connectivity index (χ3n) is 5.27. The molecule has 8 nitrogen and oxygen atoms in total. The maximum Gasteiger partial charge on any atom is 0.261 e. The van der Waals surface area contributed by atoms with E-state index in [9.17, 15) is 24.0 Å². The quantitative estimate of drug-likeness (QED) is 0.437. The molecule has 0 aliphatic rings. The summed E-state index contributed by atoms with van der Waals surface area (Å²) in [5.74, 6) is -1.86. The molecule has 0 aliphatic carbocycles. The average Bonchev–Trinajstić information content (AvgIpc) is 3.19. The minimum absolute atomic E-state index is 0.162. The standard InChI is InChI=1S/C24H21ClFN3O5S/c1-33-6-5-19(20(30)9-15-8-18(26)23(35-15)24(28)32)29-12-21(34-2)17(10-22(29)31)16-7-14(25)4-3-13(16)11-27/h3-4,7-8,10,12,19H,5-6,9H2,1-2H3,(H2,28,32). The van der Waals surface area contributed by atoms with Crippen LogP contribution in [0, 0.1) is 17.1 Å². The zero-order valence-electron chi connectivity index (χ0n) is 18.8. The van der Waals surface area contributed by atoms with Crippen LogP contribution in [0.5, 0.6) is 5.75 Å². The molecule has 2 heterocycles. The van der Waals surface area contributed by atoms with Crippen LogP contribution >= 0.6 is 22.9 Å². The van der Waals surface area contributed by atoms with Crippen LogP contribution in [0.25, 0.3) is 11.1 Å². The number of rotatable bonds is 10. The lowest BCUT2D eigenvalue weighted by Crippen LogP contribution is -2.31. The van der Waals surface area contributed by atoms with Crippen molar-refractivity contribution < 1.29 is 23.5 Å². The van der Waals surface area contributed by atoms with Gasteiger partial charge >= 0.3 is 0 Å². The van der Waals surface area contributed by atoms with Gasteiger partial charge in [-0.1, -0.05) is 11.6 Å². The highest BCUT2D eigenvalue weighted by Crippen LogP contribution is 2.34. The second kappa shape index (κ2) is 11.3. The fourth-order valence-electron chi connectivity index (χ4n) is 3.63. The Labute approximate surface area is 209 Å². The van der Waals surface area contributed by atoms with Crippen LogP contribution in [0.15, 0.2) is 41.3 Å². The number of hydrogen-bond acceptors (Lipinski definition) is 7. The number of nitrogens with zero attached hydrogens (tertiary/aromatic N) is 2. The van der Waals surface area contributed by atoms with Gasteiger partial charge in [-0.15, -0.1) is 11.3 Å². The van der Waals surface area contributed by atoms with Gasteiger partial charge in [-0.3, -0.25) is 14.4 Å². The maximum absolute atomic E-state index is 14.0. The molecule has 0 saturated carbocycles. The van der Waals surface area contributed by atoms with E-state index in [0.717, 1.165) is 17.4 Å². The van der Waals surface area contributed by atoms with E-state index in [4.69, 9.17) is 26.8 Å². The number of benzene rings is 1. The summed E-state index contributed by atoms with van der Waals surface area (Å²) in [6.07, 6.45) is 1.34. The van der Waals surface area contributed by atoms with Crippen LogP contribution in [0.1, 0.15) is 32.6 Å². The summed E-state index contributed by atoms with van der Waals surface area (Å²) >= 11 is 6.89. The third kappa shape index (κ3) is 5.77. The topological polar surface area (TPSA) is 124 Å². The van der Waals surface area contributed by atoms with E-state index in [1.807, 2.05) is 0 Å². The molecule has 1 amide bonds. The molecule has 11 heteroatoms. The molecule has 1 atom stereocenters. The lowest BCUT2D eigenvalue weighted by Gasteiger charge is -2.20. The van der Waals surface area contributed by atoms with Crippen LogP contribution in [-0.2, 0) is 16.0 Å². The van der Waals surface area contributed by atoms with E-state index in [1.165, 1.54) is 37.1 Å². The van der Waals surface area contributed by atoms with Crippen molar-refractivity contribution in [1.29, 1.82) is 5.26 Å². The van der Waals surface area contributed by atoms with Crippen molar-refractivity contribution in [1.82, 2.24) is 4.57 Å². The molecule has 3 aromatic rings. The zero-order valence-corrected chi connectivity index (χ0v) is 20.4. The van der Waals surface area contributed by atoms with Gasteiger partial charge < -0.3 is 19.8 Å². The molecule has 1 unspecified atom stereocenters. The number of Topliss-reactive ketones (excluding diaryl/α,β-unsaturated/α-hetero) is 1. The summed E-state index contributed by atoms with van der Waals surface area (Å²) in [7, 11) is 2.86. The van der Waals surface area contributed by atoms with Crippen LogP contribution in [0.3, 0.4) is 0 Å². The molecule has 0 spiro atoms. The SMILES string of the molecule is COCCC(C(=O)Cc1cc(F)c(C(N)=O)s1)n1cc(OC)c(-c2cc(Cl)ccc2C#N)cc1=O. The van der Waals surface area contributed by atoms with Gasteiger partial charge in [0.25, 0.3) is 11.5 Å². The lowest BCUT2D eigenvalue weighted by molar-refractivity contribution is -0.122. The van der Waals surface area contributed by atoms with E-state index in [1.54, 1.807) is 12.1 Å². The predicted molar refractivity (Wildman–Crippen MR) is 129 cm³/mol. The van der Waals surface area contributed by atoms with Crippen molar-refractivity contribution in [3.8, 4) is 22.9 Å². The minimum atomic E-state index is -0.956. The first-order valence-electron chi connectivity index (χ1n) is 10.3. The number of ether oxygens (including phenoxy) is 2. The molecule has 0 aliphatic heterocycles. The highest BCUT2D eigenvalue weighted by molar-refractivity contribution is 7.14. The van der Waals surface area contributed by atoms with Gasteiger partial charge in [0.1, 0.15) is 16.4 Å². The molecule has 0 radical (unpaired) electrons. The Hall–Kier alpha value is -3.52. The summed E-state index contributed by atoms with van der Waals surface area (Å²) in [5.41, 5.74) is 5.69. The molecule has 0 saturated heterocycles. The number of hydrogen-bond donors (Lipinski definition) is 1. The van der Waals surface area contributed by atoms with E-state index >= 15 is 0 Å². The van der Waals surface area contributed by atoms with E-state index in [2.05, 4.69) is 6.07 Å². The van der Waals surface area contributed by atoms with Gasteiger partial charge in [0.15, 0.2) is 5.78 Å². The number of pyridine rings is 1. The normalized spacial score (nSPS) is 11.6. The molecule has 35 heavy (non-hydrogen) atoms. The number of nitrogens with two attached hydrogens (primary N) is 1. The first kappa shape index (κ1) is 26.1. The highest BCUT2D eigenvalue weighted by Gasteiger charge is 2.25. The van der Waals surface area contributed by atoms with Crippen molar-refractivity contribution in [2.75, 3.05) is 20.8 Å². The first-order valence-corrected chi connectivity index (χ1v) is 11.5. The number of aromatic nitrogens is 1. The number of primary amides is 1. The summed E-state index contributed by atoms with van der Waals surface area (Å²) in [6.45, 7) is 0.172. The Morgan fingerprint density at radius 1 is 1.26 bits per heavy atom. The maximum atomic E-state index is 14.0. The molecule has 182 valence electrons. The monoisotopic (exact) mass is 517 g/mol. The number of ketones is 1. The van der Waals surface area contributed by atoms with Gasteiger partial charge in [0, 0.05) is 47.2 Å². The van der Waals surface area contributed by atoms with Crippen molar-refractivity contribution in [2.24, 2.45) is 5.73 Å². The Balaban J connectivity index is 2.05. The number of carbonyl (C=O) groups is 2. The van der Waals surface area contributed by atoms with Gasteiger partial charge in [0.05, 0.1) is 31.0 Å². The number of methoxy groups -OCH3 is 2. The summed E-state index contributed by atoms with van der Waals surface area (Å²) in [4.78, 5) is 37.8. The number of thiophene rings is 1. The van der Waals surface area contributed by atoms with Gasteiger partial charge in [-0.25, -0.2) is 4.39 Å². The largest absolute Gasteiger partial charge is 0.495 e. The second-order valence-corrected chi connectivity index (χ2v) is 9.07. The number of carbonyl (C=O) groups excluding carboxylic acids is 2. The number of nitriles is 1. The highest BCUT2D eigenvalue weighted by atomic mass is 35.5. The van der Waals surface area contributed by atoms with Crippen LogP contribution in [0.4, 0.5) is 4.39 Å². The van der Waals surface area contributed by atoms with Crippen LogP contribution < -0.4 is 16.0 Å². The first-order chi connectivity index (χ1) is 16.7. The van der Waals surface area contributed by atoms with Crippen LogP contribution in [0.2, 0.25) is 5.02 Å². The smallest absolute Gasteiger partial charge is 0.261 e. The zero-order chi connectivity index (χ0) is 25.7. The fraction of sp³-hybridized carbons (Fsp3) is 0.250. The molecule has 2 N–H and O–H groups in total. The second-order valence-electron chi connectivity index (χ2n) is 7.50. The summed E-state index contributed by atoms with van der Waals surface area (Å²) in [5, 5.41) is 9.85. The number of halogens is 2. The van der Waals surface area contributed by atoms with Crippen molar-refractivity contribution in [3.63, 3.8) is 0 Å².